The van der Waals surface area contributed by atoms with E-state index in [-0.39, 0.29) is 10.7 Å². The number of allylic oxidation sites excluding steroid dienone is 1. The molecular formula is C26H14ClN3O3S. The Morgan fingerprint density at radius 2 is 1.91 bits per heavy atom. The maximum absolute atomic E-state index is 10.9. The van der Waals surface area contributed by atoms with Crippen molar-refractivity contribution in [1.82, 2.24) is 4.98 Å². The minimum Gasteiger partial charge on any atom is -0.457 e. The molecule has 0 aliphatic carbocycles. The van der Waals surface area contributed by atoms with Crippen LogP contribution in [-0.4, -0.2) is 9.91 Å². The molecular weight excluding hydrogens is 470 g/mol. The number of hydrogen-bond acceptors (Lipinski definition) is 6. The molecule has 8 heteroatoms. The highest BCUT2D eigenvalue weighted by atomic mass is 35.5. The van der Waals surface area contributed by atoms with Gasteiger partial charge in [-0.25, -0.2) is 4.98 Å². The van der Waals surface area contributed by atoms with Crippen molar-refractivity contribution in [1.29, 1.82) is 5.26 Å². The van der Waals surface area contributed by atoms with E-state index in [1.54, 1.807) is 18.2 Å². The molecule has 2 aromatic heterocycles. The SMILES string of the molecule is N#CC(=Cc1ccc(-c2ccc([N+](=O)[O-])cc2Cl)o1)c1nc(-c2cccc3ccccc23)cs1. The average molecular weight is 484 g/mol. The molecule has 0 aliphatic heterocycles. The summed E-state index contributed by atoms with van der Waals surface area (Å²) in [5.41, 5.74) is 2.60. The van der Waals surface area contributed by atoms with Gasteiger partial charge in [0.2, 0.25) is 0 Å². The summed E-state index contributed by atoms with van der Waals surface area (Å²) < 4.78 is 5.85. The van der Waals surface area contributed by atoms with Gasteiger partial charge >= 0.3 is 0 Å². The van der Waals surface area contributed by atoms with Crippen molar-refractivity contribution in [3.63, 3.8) is 0 Å². The highest BCUT2D eigenvalue weighted by Gasteiger charge is 2.15. The first-order valence-electron chi connectivity index (χ1n) is 10.1. The van der Waals surface area contributed by atoms with Crippen LogP contribution < -0.4 is 0 Å². The lowest BCUT2D eigenvalue weighted by Crippen LogP contribution is -1.88. The first kappa shape index (κ1) is 21.6. The predicted octanol–water partition coefficient (Wildman–Crippen LogP) is 7.85. The van der Waals surface area contributed by atoms with Gasteiger partial charge in [0.1, 0.15) is 22.6 Å². The number of benzene rings is 3. The zero-order valence-corrected chi connectivity index (χ0v) is 19.0. The van der Waals surface area contributed by atoms with Crippen molar-refractivity contribution in [2.45, 2.75) is 0 Å². The van der Waals surface area contributed by atoms with E-state index in [1.165, 1.54) is 29.5 Å². The van der Waals surface area contributed by atoms with E-state index >= 15 is 0 Å². The summed E-state index contributed by atoms with van der Waals surface area (Å²) in [6.07, 6.45) is 1.62. The number of nitrogens with zero attached hydrogens (tertiary/aromatic N) is 3. The molecule has 0 spiro atoms. The van der Waals surface area contributed by atoms with Crippen molar-refractivity contribution in [2.24, 2.45) is 0 Å². The van der Waals surface area contributed by atoms with Gasteiger partial charge < -0.3 is 4.42 Å². The van der Waals surface area contributed by atoms with Crippen LogP contribution in [0, 0.1) is 21.4 Å². The summed E-state index contributed by atoms with van der Waals surface area (Å²) in [4.78, 5) is 15.1. The monoisotopic (exact) mass is 483 g/mol. The molecule has 0 aliphatic rings. The quantitative estimate of drug-likeness (QED) is 0.144. The van der Waals surface area contributed by atoms with Crippen molar-refractivity contribution >= 4 is 51.0 Å². The molecule has 0 radical (unpaired) electrons. The average Bonchev–Trinajstić information content (AvgIpc) is 3.52. The van der Waals surface area contributed by atoms with Gasteiger partial charge in [-0.15, -0.1) is 11.3 Å². The van der Waals surface area contributed by atoms with E-state index in [0.29, 0.717) is 27.7 Å². The smallest absolute Gasteiger partial charge is 0.270 e. The zero-order chi connectivity index (χ0) is 23.7. The second-order valence-corrected chi connectivity index (χ2v) is 8.62. The molecule has 0 unspecified atom stereocenters. The normalized spacial score (nSPS) is 11.5. The molecule has 0 fully saturated rings. The Labute approximate surface area is 203 Å². The lowest BCUT2D eigenvalue weighted by Gasteiger charge is -2.03. The molecule has 0 atom stereocenters. The number of fused-ring (bicyclic) bond motifs is 1. The maximum atomic E-state index is 10.9. The highest BCUT2D eigenvalue weighted by molar-refractivity contribution is 7.11. The van der Waals surface area contributed by atoms with Crippen LogP contribution in [-0.2, 0) is 0 Å². The zero-order valence-electron chi connectivity index (χ0n) is 17.4. The summed E-state index contributed by atoms with van der Waals surface area (Å²) in [6.45, 7) is 0. The Morgan fingerprint density at radius 3 is 2.71 bits per heavy atom. The first-order valence-corrected chi connectivity index (χ1v) is 11.4. The van der Waals surface area contributed by atoms with Crippen molar-refractivity contribution in [2.75, 3.05) is 0 Å². The number of hydrogen-bond donors (Lipinski definition) is 0. The van der Waals surface area contributed by atoms with Gasteiger partial charge in [-0.3, -0.25) is 10.1 Å². The molecule has 6 nitrogen and oxygen atoms in total. The molecule has 0 N–H and O–H groups in total. The van der Waals surface area contributed by atoms with Crippen LogP contribution in [0.3, 0.4) is 0 Å². The Bertz CT molecular complexity index is 1620. The molecule has 2 heterocycles. The molecule has 3 aromatic carbocycles. The third kappa shape index (κ3) is 4.08. The highest BCUT2D eigenvalue weighted by Crippen LogP contribution is 2.34. The summed E-state index contributed by atoms with van der Waals surface area (Å²) in [6, 6.07) is 24.0. The van der Waals surface area contributed by atoms with E-state index in [2.05, 4.69) is 24.3 Å². The molecule has 5 rings (SSSR count). The second kappa shape index (κ2) is 8.94. The largest absolute Gasteiger partial charge is 0.457 e. The van der Waals surface area contributed by atoms with Gasteiger partial charge in [0.15, 0.2) is 0 Å². The number of nitriles is 1. The van der Waals surface area contributed by atoms with Crippen LogP contribution in [0.5, 0.6) is 0 Å². The van der Waals surface area contributed by atoms with E-state index in [9.17, 15) is 15.4 Å². The number of furan rings is 1. The van der Waals surface area contributed by atoms with Gasteiger partial charge in [-0.2, -0.15) is 5.26 Å². The Morgan fingerprint density at radius 1 is 1.09 bits per heavy atom. The number of nitro benzene ring substituents is 1. The number of thiazole rings is 1. The maximum Gasteiger partial charge on any atom is 0.270 e. The molecule has 5 aromatic rings. The van der Waals surface area contributed by atoms with Crippen molar-refractivity contribution in [3.05, 3.63) is 104 Å². The number of aromatic nitrogens is 1. The van der Waals surface area contributed by atoms with Crippen LogP contribution in [0.1, 0.15) is 10.8 Å². The second-order valence-electron chi connectivity index (χ2n) is 7.36. The predicted molar refractivity (Wildman–Crippen MR) is 134 cm³/mol. The minimum absolute atomic E-state index is 0.0991. The summed E-state index contributed by atoms with van der Waals surface area (Å²) >= 11 is 7.59. The van der Waals surface area contributed by atoms with Crippen molar-refractivity contribution < 1.29 is 9.34 Å². The Hall–Kier alpha value is -4.25. The third-order valence-corrected chi connectivity index (χ3v) is 6.45. The van der Waals surface area contributed by atoms with Crippen LogP contribution in [0.25, 0.3) is 45.0 Å². The van der Waals surface area contributed by atoms with Crippen LogP contribution >= 0.6 is 22.9 Å². The van der Waals surface area contributed by atoms with E-state index in [1.807, 2.05) is 29.6 Å². The van der Waals surface area contributed by atoms with Crippen molar-refractivity contribution in [3.8, 4) is 28.7 Å². The lowest BCUT2D eigenvalue weighted by molar-refractivity contribution is -0.384. The number of rotatable bonds is 5. The van der Waals surface area contributed by atoms with Crippen LogP contribution in [0.4, 0.5) is 5.69 Å². The van der Waals surface area contributed by atoms with E-state index < -0.39 is 4.92 Å². The Kier molecular flexibility index (Phi) is 5.68. The summed E-state index contributed by atoms with van der Waals surface area (Å²) in [5, 5.41) is 25.6. The van der Waals surface area contributed by atoms with E-state index in [0.717, 1.165) is 22.0 Å². The molecule has 34 heavy (non-hydrogen) atoms. The lowest BCUT2D eigenvalue weighted by atomic mass is 10.0. The summed E-state index contributed by atoms with van der Waals surface area (Å²) in [7, 11) is 0. The topological polar surface area (TPSA) is 93.0 Å². The number of halogens is 1. The molecule has 164 valence electrons. The number of non-ortho nitro benzene ring substituents is 1. The Balaban J connectivity index is 1.46. The van der Waals surface area contributed by atoms with Gasteiger partial charge in [-0.05, 0) is 29.0 Å². The molecule has 0 saturated carbocycles. The summed E-state index contributed by atoms with van der Waals surface area (Å²) in [5.74, 6) is 0.891. The molecule has 0 bridgehead atoms. The van der Waals surface area contributed by atoms with Gasteiger partial charge in [0.05, 0.1) is 21.2 Å². The number of nitro groups is 1. The fourth-order valence-electron chi connectivity index (χ4n) is 3.65. The van der Waals surface area contributed by atoms with Gasteiger partial charge in [0.25, 0.3) is 5.69 Å². The fraction of sp³-hybridized carbons (Fsp3) is 0. The minimum atomic E-state index is -0.508. The molecule has 0 saturated heterocycles. The first-order chi connectivity index (χ1) is 16.5. The van der Waals surface area contributed by atoms with Crippen LogP contribution in [0.15, 0.2) is 82.6 Å². The van der Waals surface area contributed by atoms with E-state index in [4.69, 9.17) is 21.0 Å². The standard InChI is InChI=1S/C26H14ClN3O3S/c27-23-13-18(30(31)32)8-10-22(23)25-11-9-19(33-25)12-17(14-28)26-29-24(15-34-26)21-7-3-5-16-4-1-2-6-20(16)21/h1-13,15H. The van der Waals surface area contributed by atoms with Gasteiger partial charge in [-0.1, -0.05) is 54.1 Å². The van der Waals surface area contributed by atoms with Gasteiger partial charge in [0, 0.05) is 34.7 Å². The third-order valence-electron chi connectivity index (χ3n) is 5.26. The van der Waals surface area contributed by atoms with Crippen LogP contribution in [0.2, 0.25) is 5.02 Å². The fourth-order valence-corrected chi connectivity index (χ4v) is 4.70. The molecule has 0 amide bonds.